The molecular weight excluding hydrogens is 246 g/mol. The van der Waals surface area contributed by atoms with Crippen LogP contribution in [0.25, 0.3) is 0 Å². The highest BCUT2D eigenvalue weighted by Crippen LogP contribution is 2.26. The average Bonchev–Trinajstić information content (AvgIpc) is 2.91. The van der Waals surface area contributed by atoms with Crippen molar-refractivity contribution in [2.24, 2.45) is 13.0 Å². The van der Waals surface area contributed by atoms with E-state index in [1.54, 1.807) is 29.7 Å². The summed E-state index contributed by atoms with van der Waals surface area (Å²) in [7, 11) is 1.78. The van der Waals surface area contributed by atoms with E-state index in [-0.39, 0.29) is 11.9 Å². The molecule has 1 aromatic heterocycles. The summed E-state index contributed by atoms with van der Waals surface area (Å²) in [4.78, 5) is 25.2. The maximum atomic E-state index is 12.5. The first-order valence-electron chi connectivity index (χ1n) is 6.52. The SMILES string of the molecule is CCc1nn(C)cc1C(=O)N1CCC(C(=O)O)C1C. The van der Waals surface area contributed by atoms with Crippen molar-refractivity contribution < 1.29 is 14.7 Å². The summed E-state index contributed by atoms with van der Waals surface area (Å²) in [6, 6.07) is -0.269. The molecule has 0 radical (unpaired) electrons. The minimum absolute atomic E-state index is 0.110. The molecule has 1 amide bonds. The molecule has 104 valence electrons. The average molecular weight is 265 g/mol. The zero-order valence-corrected chi connectivity index (χ0v) is 11.5. The molecule has 2 rings (SSSR count). The number of aromatic nitrogens is 2. The maximum absolute atomic E-state index is 12.5. The fraction of sp³-hybridized carbons (Fsp3) is 0.615. The first-order valence-corrected chi connectivity index (χ1v) is 6.52. The third-order valence-electron chi connectivity index (χ3n) is 3.80. The van der Waals surface area contributed by atoms with Crippen LogP contribution in [-0.2, 0) is 18.3 Å². The van der Waals surface area contributed by atoms with Crippen LogP contribution in [0.3, 0.4) is 0 Å². The van der Waals surface area contributed by atoms with Crippen molar-refractivity contribution in [1.82, 2.24) is 14.7 Å². The Balaban J connectivity index is 2.23. The van der Waals surface area contributed by atoms with Gasteiger partial charge < -0.3 is 10.0 Å². The number of aryl methyl sites for hydroxylation is 2. The number of carboxylic acids is 1. The first-order chi connectivity index (χ1) is 8.95. The lowest BCUT2D eigenvalue weighted by Crippen LogP contribution is -2.37. The van der Waals surface area contributed by atoms with Gasteiger partial charge in [0.2, 0.25) is 0 Å². The Morgan fingerprint density at radius 2 is 2.21 bits per heavy atom. The van der Waals surface area contributed by atoms with E-state index in [2.05, 4.69) is 5.10 Å². The van der Waals surface area contributed by atoms with Gasteiger partial charge in [0.15, 0.2) is 0 Å². The number of likely N-dealkylation sites (tertiary alicyclic amines) is 1. The second-order valence-corrected chi connectivity index (χ2v) is 4.99. The van der Waals surface area contributed by atoms with Crippen molar-refractivity contribution >= 4 is 11.9 Å². The molecule has 1 fully saturated rings. The predicted octanol–water partition coefficient (Wildman–Crippen LogP) is 0.918. The minimum atomic E-state index is -0.829. The molecule has 2 atom stereocenters. The van der Waals surface area contributed by atoms with E-state index < -0.39 is 11.9 Å². The number of hydrogen-bond acceptors (Lipinski definition) is 3. The summed E-state index contributed by atoms with van der Waals surface area (Å²) >= 11 is 0. The summed E-state index contributed by atoms with van der Waals surface area (Å²) < 4.78 is 1.63. The molecule has 19 heavy (non-hydrogen) atoms. The molecule has 1 aromatic rings. The zero-order valence-electron chi connectivity index (χ0n) is 11.5. The smallest absolute Gasteiger partial charge is 0.308 e. The van der Waals surface area contributed by atoms with Gasteiger partial charge in [-0.2, -0.15) is 5.10 Å². The molecule has 0 aromatic carbocycles. The topological polar surface area (TPSA) is 75.4 Å². The monoisotopic (exact) mass is 265 g/mol. The van der Waals surface area contributed by atoms with Crippen molar-refractivity contribution in [3.8, 4) is 0 Å². The number of carbonyl (C=O) groups is 2. The molecule has 6 nitrogen and oxygen atoms in total. The highest BCUT2D eigenvalue weighted by Gasteiger charge is 2.39. The van der Waals surface area contributed by atoms with E-state index in [4.69, 9.17) is 5.11 Å². The van der Waals surface area contributed by atoms with Gasteiger partial charge >= 0.3 is 5.97 Å². The Morgan fingerprint density at radius 3 is 2.74 bits per heavy atom. The summed E-state index contributed by atoms with van der Waals surface area (Å²) in [5.41, 5.74) is 1.35. The quantitative estimate of drug-likeness (QED) is 0.881. The van der Waals surface area contributed by atoms with Crippen molar-refractivity contribution in [1.29, 1.82) is 0 Å². The molecule has 1 aliphatic rings. The molecule has 0 saturated carbocycles. The third kappa shape index (κ3) is 2.34. The summed E-state index contributed by atoms with van der Waals surface area (Å²) in [5, 5.41) is 13.4. The normalized spacial score (nSPS) is 22.8. The molecule has 2 unspecified atom stereocenters. The van der Waals surface area contributed by atoms with Crippen LogP contribution in [0.5, 0.6) is 0 Å². The fourth-order valence-electron chi connectivity index (χ4n) is 2.69. The van der Waals surface area contributed by atoms with Crippen LogP contribution >= 0.6 is 0 Å². The van der Waals surface area contributed by atoms with Gasteiger partial charge in [-0.1, -0.05) is 6.92 Å². The van der Waals surface area contributed by atoms with Crippen LogP contribution in [0.1, 0.15) is 36.3 Å². The van der Waals surface area contributed by atoms with Crippen molar-refractivity contribution in [3.63, 3.8) is 0 Å². The summed E-state index contributed by atoms with van der Waals surface area (Å²) in [6.07, 6.45) is 2.92. The number of carboxylic acid groups (broad SMARTS) is 1. The highest BCUT2D eigenvalue weighted by molar-refractivity contribution is 5.96. The Labute approximate surface area is 112 Å². The van der Waals surface area contributed by atoms with Crippen LogP contribution in [0, 0.1) is 5.92 Å². The van der Waals surface area contributed by atoms with Crippen LogP contribution in [0.4, 0.5) is 0 Å². The predicted molar refractivity (Wildman–Crippen MR) is 68.8 cm³/mol. The number of aliphatic carboxylic acids is 1. The fourth-order valence-corrected chi connectivity index (χ4v) is 2.69. The molecule has 6 heteroatoms. The number of nitrogens with zero attached hydrogens (tertiary/aromatic N) is 3. The molecule has 1 aliphatic heterocycles. The van der Waals surface area contributed by atoms with Crippen LogP contribution in [-0.4, -0.2) is 44.3 Å². The maximum Gasteiger partial charge on any atom is 0.308 e. The number of carbonyl (C=O) groups excluding carboxylic acids is 1. The summed E-state index contributed by atoms with van der Waals surface area (Å²) in [6.45, 7) is 4.24. The molecule has 1 N–H and O–H groups in total. The van der Waals surface area contributed by atoms with E-state index in [9.17, 15) is 9.59 Å². The number of rotatable bonds is 3. The van der Waals surface area contributed by atoms with Crippen LogP contribution in [0.15, 0.2) is 6.20 Å². The third-order valence-corrected chi connectivity index (χ3v) is 3.80. The van der Waals surface area contributed by atoms with Gasteiger partial charge in [-0.05, 0) is 19.8 Å². The standard InChI is InChI=1S/C13H19N3O3/c1-4-11-10(7-15(3)14-11)12(17)16-6-5-9(8(16)2)13(18)19/h7-9H,4-6H2,1-3H3,(H,18,19). The Morgan fingerprint density at radius 1 is 1.53 bits per heavy atom. The van der Waals surface area contributed by atoms with Crippen molar-refractivity contribution in [2.45, 2.75) is 32.7 Å². The largest absolute Gasteiger partial charge is 0.481 e. The lowest BCUT2D eigenvalue weighted by atomic mass is 10.0. The molecule has 0 aliphatic carbocycles. The van der Waals surface area contributed by atoms with Gasteiger partial charge in [-0.3, -0.25) is 14.3 Å². The second-order valence-electron chi connectivity index (χ2n) is 4.99. The lowest BCUT2D eigenvalue weighted by Gasteiger charge is -2.23. The first kappa shape index (κ1) is 13.6. The lowest BCUT2D eigenvalue weighted by molar-refractivity contribution is -0.142. The Hall–Kier alpha value is -1.85. The van der Waals surface area contributed by atoms with E-state index >= 15 is 0 Å². The van der Waals surface area contributed by atoms with Crippen LogP contribution in [0.2, 0.25) is 0 Å². The Kier molecular flexibility index (Phi) is 3.59. The molecular formula is C13H19N3O3. The van der Waals surface area contributed by atoms with Gasteiger partial charge in [-0.25, -0.2) is 0 Å². The van der Waals surface area contributed by atoms with Crippen molar-refractivity contribution in [2.75, 3.05) is 6.54 Å². The zero-order chi connectivity index (χ0) is 14.2. The summed E-state index contributed by atoms with van der Waals surface area (Å²) in [5.74, 6) is -1.41. The van der Waals surface area contributed by atoms with E-state index in [1.807, 2.05) is 6.92 Å². The van der Waals surface area contributed by atoms with Gasteiger partial charge in [-0.15, -0.1) is 0 Å². The van der Waals surface area contributed by atoms with Gasteiger partial charge in [0, 0.05) is 25.8 Å². The van der Waals surface area contributed by atoms with Gasteiger partial charge in [0.1, 0.15) is 0 Å². The molecule has 0 bridgehead atoms. The van der Waals surface area contributed by atoms with E-state index in [0.29, 0.717) is 24.9 Å². The van der Waals surface area contributed by atoms with Crippen LogP contribution < -0.4 is 0 Å². The number of hydrogen-bond donors (Lipinski definition) is 1. The molecule has 2 heterocycles. The van der Waals surface area contributed by atoms with E-state index in [1.165, 1.54) is 0 Å². The number of amides is 1. The second kappa shape index (κ2) is 5.03. The van der Waals surface area contributed by atoms with E-state index in [0.717, 1.165) is 5.69 Å². The van der Waals surface area contributed by atoms with Gasteiger partial charge in [0.05, 0.1) is 17.2 Å². The Bertz CT molecular complexity index is 509. The molecule has 0 spiro atoms. The highest BCUT2D eigenvalue weighted by atomic mass is 16.4. The molecule has 1 saturated heterocycles. The van der Waals surface area contributed by atoms with Gasteiger partial charge in [0.25, 0.3) is 5.91 Å². The minimum Gasteiger partial charge on any atom is -0.481 e. The van der Waals surface area contributed by atoms with Crippen molar-refractivity contribution in [3.05, 3.63) is 17.5 Å².